The normalized spacial score (nSPS) is 28.8. The predicted octanol–water partition coefficient (Wildman–Crippen LogP) is 3.38. The van der Waals surface area contributed by atoms with Crippen LogP contribution in [0.5, 0.6) is 0 Å². The van der Waals surface area contributed by atoms with Gasteiger partial charge in [-0.05, 0) is 38.5 Å². The second-order valence-corrected chi connectivity index (χ2v) is 7.68. The fourth-order valence-corrected chi connectivity index (χ4v) is 4.70. The fraction of sp³-hybridized carbons (Fsp3) is 0.812. The van der Waals surface area contributed by atoms with E-state index in [0.717, 1.165) is 35.5 Å². The van der Waals surface area contributed by atoms with Crippen LogP contribution in [0.2, 0.25) is 0 Å². The monoisotopic (exact) mass is 323 g/mol. The summed E-state index contributed by atoms with van der Waals surface area (Å²) in [4.78, 5) is 11.5. The van der Waals surface area contributed by atoms with E-state index in [4.69, 9.17) is 4.74 Å². The van der Waals surface area contributed by atoms with E-state index in [1.165, 1.54) is 25.7 Å². The summed E-state index contributed by atoms with van der Waals surface area (Å²) in [6.45, 7) is 4.97. The molecule has 3 atom stereocenters. The summed E-state index contributed by atoms with van der Waals surface area (Å²) >= 11 is 1.73. The van der Waals surface area contributed by atoms with Crippen LogP contribution in [-0.2, 0) is 9.53 Å². The first-order chi connectivity index (χ1) is 10.6. The van der Waals surface area contributed by atoms with Gasteiger partial charge in [-0.15, -0.1) is 10.2 Å². The lowest BCUT2D eigenvalue weighted by atomic mass is 9.87. The van der Waals surface area contributed by atoms with Gasteiger partial charge >= 0.3 is 5.97 Å². The van der Waals surface area contributed by atoms with Gasteiger partial charge in [-0.25, -0.2) is 0 Å². The van der Waals surface area contributed by atoms with Crippen molar-refractivity contribution in [3.8, 4) is 0 Å². The summed E-state index contributed by atoms with van der Waals surface area (Å²) in [5, 5.41) is 9.66. The molecule has 3 rings (SSSR count). The minimum absolute atomic E-state index is 0.0284. The zero-order valence-corrected chi connectivity index (χ0v) is 14.3. The van der Waals surface area contributed by atoms with Crippen molar-refractivity contribution in [2.24, 2.45) is 11.8 Å². The maximum atomic E-state index is 11.5. The maximum Gasteiger partial charge on any atom is 0.309 e. The minimum Gasteiger partial charge on any atom is -0.465 e. The average Bonchev–Trinajstić information content (AvgIpc) is 3.06. The zero-order chi connectivity index (χ0) is 15.5. The Balaban J connectivity index is 1.60. The number of ether oxygens (including phenoxy) is 1. The maximum absolute atomic E-state index is 11.5. The summed E-state index contributed by atoms with van der Waals surface area (Å²) in [6.07, 6.45) is 6.82. The molecule has 2 heterocycles. The Labute approximate surface area is 136 Å². The van der Waals surface area contributed by atoms with Gasteiger partial charge in [0.2, 0.25) is 0 Å². The predicted molar refractivity (Wildman–Crippen MR) is 85.8 cm³/mol. The van der Waals surface area contributed by atoms with Crippen molar-refractivity contribution in [1.29, 1.82) is 0 Å². The number of nitrogens with zero attached hydrogens (tertiary/aromatic N) is 3. The lowest BCUT2D eigenvalue weighted by Crippen LogP contribution is -2.19. The third kappa shape index (κ3) is 3.47. The van der Waals surface area contributed by atoms with Gasteiger partial charge < -0.3 is 9.30 Å². The molecule has 1 aliphatic heterocycles. The Morgan fingerprint density at radius 2 is 2.18 bits per heavy atom. The highest BCUT2D eigenvalue weighted by atomic mass is 32.2. The van der Waals surface area contributed by atoms with Crippen LogP contribution in [0.1, 0.15) is 57.3 Å². The number of hydrogen-bond acceptors (Lipinski definition) is 5. The number of hydrogen-bond donors (Lipinski definition) is 0. The second-order valence-electron chi connectivity index (χ2n) is 6.62. The number of thioether (sulfide) groups is 1. The van der Waals surface area contributed by atoms with Gasteiger partial charge in [0.15, 0.2) is 5.16 Å². The number of aryl methyl sites for hydroxylation is 1. The standard InChI is InChI=1S/C16H25N3O2S/c1-11-4-3-5-14(10-11)19-12(2)17-18-16(19)22-9-7-13-6-8-21-15(13)20/h11,13-14H,3-10H2,1-2H3. The number of rotatable bonds is 5. The molecule has 22 heavy (non-hydrogen) atoms. The van der Waals surface area contributed by atoms with E-state index in [1.54, 1.807) is 11.8 Å². The number of carbonyl (C=O) groups excluding carboxylic acids is 1. The van der Waals surface area contributed by atoms with Crippen molar-refractivity contribution in [3.63, 3.8) is 0 Å². The molecule has 0 amide bonds. The number of esters is 1. The van der Waals surface area contributed by atoms with Gasteiger partial charge in [0.1, 0.15) is 5.82 Å². The highest BCUT2D eigenvalue weighted by molar-refractivity contribution is 7.99. The Kier molecular flexibility index (Phi) is 5.06. The van der Waals surface area contributed by atoms with Crippen LogP contribution in [0.3, 0.4) is 0 Å². The summed E-state index contributed by atoms with van der Waals surface area (Å²) in [6, 6.07) is 0.540. The van der Waals surface area contributed by atoms with Gasteiger partial charge in [0.05, 0.1) is 12.5 Å². The van der Waals surface area contributed by atoms with E-state index in [-0.39, 0.29) is 11.9 Å². The molecule has 3 unspecified atom stereocenters. The molecule has 0 bridgehead atoms. The summed E-state index contributed by atoms with van der Waals surface area (Å²) in [7, 11) is 0. The fourth-order valence-electron chi connectivity index (χ4n) is 3.60. The molecule has 1 aromatic heterocycles. The van der Waals surface area contributed by atoms with Crippen molar-refractivity contribution in [2.45, 2.75) is 63.6 Å². The van der Waals surface area contributed by atoms with Gasteiger partial charge in [0.25, 0.3) is 0 Å². The summed E-state index contributed by atoms with van der Waals surface area (Å²) < 4.78 is 7.35. The van der Waals surface area contributed by atoms with Gasteiger partial charge in [-0.2, -0.15) is 0 Å². The Hall–Kier alpha value is -1.04. The van der Waals surface area contributed by atoms with Crippen LogP contribution in [0.25, 0.3) is 0 Å². The third-order valence-electron chi connectivity index (χ3n) is 4.85. The molecule has 6 heteroatoms. The molecule has 122 valence electrons. The van der Waals surface area contributed by atoms with Gasteiger partial charge in [0, 0.05) is 11.8 Å². The molecule has 5 nitrogen and oxygen atoms in total. The molecule has 0 spiro atoms. The van der Waals surface area contributed by atoms with Gasteiger partial charge in [-0.1, -0.05) is 31.5 Å². The highest BCUT2D eigenvalue weighted by Gasteiger charge is 2.27. The molecule has 1 aliphatic carbocycles. The molecule has 1 aromatic rings. The number of aromatic nitrogens is 3. The van der Waals surface area contributed by atoms with Crippen molar-refractivity contribution in [1.82, 2.24) is 14.8 Å². The van der Waals surface area contributed by atoms with Crippen molar-refractivity contribution < 1.29 is 9.53 Å². The van der Waals surface area contributed by atoms with E-state index in [0.29, 0.717) is 12.6 Å². The second kappa shape index (κ2) is 7.02. The minimum atomic E-state index is -0.0284. The van der Waals surface area contributed by atoms with E-state index < -0.39 is 0 Å². The first kappa shape index (κ1) is 15.8. The van der Waals surface area contributed by atoms with Crippen LogP contribution in [0.15, 0.2) is 5.16 Å². The molecule has 0 radical (unpaired) electrons. The van der Waals surface area contributed by atoms with Crippen LogP contribution in [0, 0.1) is 18.8 Å². The van der Waals surface area contributed by atoms with Crippen molar-refractivity contribution >= 4 is 17.7 Å². The lowest BCUT2D eigenvalue weighted by molar-refractivity contribution is -0.141. The molecular weight excluding hydrogens is 298 g/mol. The molecule has 2 aliphatic rings. The smallest absolute Gasteiger partial charge is 0.309 e. The zero-order valence-electron chi connectivity index (χ0n) is 13.5. The highest BCUT2D eigenvalue weighted by Crippen LogP contribution is 2.35. The largest absolute Gasteiger partial charge is 0.465 e. The van der Waals surface area contributed by atoms with E-state index in [1.807, 2.05) is 6.92 Å². The third-order valence-corrected chi connectivity index (χ3v) is 5.83. The topological polar surface area (TPSA) is 57.0 Å². The SMILES string of the molecule is Cc1nnc(SCCC2CCOC2=O)n1C1CCCC(C)C1. The Bertz CT molecular complexity index is 531. The number of carbonyl (C=O) groups is 1. The Morgan fingerprint density at radius 1 is 1.32 bits per heavy atom. The molecule has 0 N–H and O–H groups in total. The average molecular weight is 323 g/mol. The first-order valence-electron chi connectivity index (χ1n) is 8.36. The molecule has 2 fully saturated rings. The van der Waals surface area contributed by atoms with Gasteiger partial charge in [-0.3, -0.25) is 4.79 Å². The van der Waals surface area contributed by atoms with Crippen LogP contribution < -0.4 is 0 Å². The van der Waals surface area contributed by atoms with Crippen molar-refractivity contribution in [2.75, 3.05) is 12.4 Å². The Morgan fingerprint density at radius 3 is 2.91 bits per heavy atom. The van der Waals surface area contributed by atoms with E-state index in [2.05, 4.69) is 21.7 Å². The molecule has 0 aromatic carbocycles. The number of cyclic esters (lactones) is 1. The lowest BCUT2D eigenvalue weighted by Gasteiger charge is -2.29. The van der Waals surface area contributed by atoms with Crippen LogP contribution >= 0.6 is 11.8 Å². The van der Waals surface area contributed by atoms with Crippen molar-refractivity contribution in [3.05, 3.63) is 5.82 Å². The summed E-state index contributed by atoms with van der Waals surface area (Å²) in [5.74, 6) is 2.76. The first-order valence-corrected chi connectivity index (χ1v) is 9.34. The summed E-state index contributed by atoms with van der Waals surface area (Å²) in [5.41, 5.74) is 0. The van der Waals surface area contributed by atoms with Crippen LogP contribution in [-0.4, -0.2) is 33.1 Å². The van der Waals surface area contributed by atoms with Crippen LogP contribution in [0.4, 0.5) is 0 Å². The molecule has 1 saturated carbocycles. The quantitative estimate of drug-likeness (QED) is 0.614. The van der Waals surface area contributed by atoms with E-state index in [9.17, 15) is 4.79 Å². The molecular formula is C16H25N3O2S. The van der Waals surface area contributed by atoms with E-state index >= 15 is 0 Å². The molecule has 1 saturated heterocycles.